The van der Waals surface area contributed by atoms with Gasteiger partial charge >= 0.3 is 0 Å². The summed E-state index contributed by atoms with van der Waals surface area (Å²) >= 11 is 0. The Labute approximate surface area is 121 Å². The van der Waals surface area contributed by atoms with Gasteiger partial charge in [0.2, 0.25) is 5.95 Å². The second-order valence-corrected chi connectivity index (χ2v) is 5.48. The van der Waals surface area contributed by atoms with Crippen molar-refractivity contribution in [1.29, 1.82) is 0 Å². The van der Waals surface area contributed by atoms with E-state index in [-0.39, 0.29) is 12.5 Å². The van der Waals surface area contributed by atoms with Gasteiger partial charge in [-0.15, -0.1) is 0 Å². The Kier molecular flexibility index (Phi) is 4.47. The van der Waals surface area contributed by atoms with E-state index in [9.17, 15) is 12.8 Å². The Balaban J connectivity index is 2.32. The van der Waals surface area contributed by atoms with Gasteiger partial charge < -0.3 is 5.73 Å². The number of sulfonamides is 1. The van der Waals surface area contributed by atoms with Crippen molar-refractivity contribution >= 4 is 16.0 Å². The molecule has 6 nitrogen and oxygen atoms in total. The van der Waals surface area contributed by atoms with Crippen LogP contribution in [0.3, 0.4) is 0 Å². The standard InChI is InChI=1S/C13H11FN4O2S/c14-11-9-10(3-1-6-15)4-5-12(11)21(19,20)18-13-16-7-2-8-17-13/h2,4-5,7-9H,6,15H2,(H,16,17,18). The van der Waals surface area contributed by atoms with Crippen LogP contribution in [0.4, 0.5) is 10.3 Å². The quantitative estimate of drug-likeness (QED) is 0.815. The van der Waals surface area contributed by atoms with Crippen LogP contribution in [0.15, 0.2) is 41.6 Å². The molecule has 0 saturated carbocycles. The summed E-state index contributed by atoms with van der Waals surface area (Å²) in [6.45, 7) is 0.134. The highest BCUT2D eigenvalue weighted by atomic mass is 32.2. The Hall–Kier alpha value is -2.50. The van der Waals surface area contributed by atoms with E-state index in [1.807, 2.05) is 0 Å². The van der Waals surface area contributed by atoms with E-state index in [1.165, 1.54) is 24.5 Å². The third-order valence-corrected chi connectivity index (χ3v) is 3.71. The minimum absolute atomic E-state index is 0.134. The Morgan fingerprint density at radius 1 is 1.29 bits per heavy atom. The lowest BCUT2D eigenvalue weighted by Crippen LogP contribution is -2.16. The fourth-order valence-electron chi connectivity index (χ4n) is 1.48. The highest BCUT2D eigenvalue weighted by molar-refractivity contribution is 7.92. The fraction of sp³-hybridized carbons (Fsp3) is 0.0769. The number of hydrogen-bond donors (Lipinski definition) is 2. The van der Waals surface area contributed by atoms with Crippen molar-refractivity contribution in [3.05, 3.63) is 48.0 Å². The molecule has 0 atom stereocenters. The number of anilines is 1. The van der Waals surface area contributed by atoms with Crippen LogP contribution in [-0.4, -0.2) is 24.9 Å². The van der Waals surface area contributed by atoms with E-state index in [4.69, 9.17) is 5.73 Å². The average molecular weight is 306 g/mol. The summed E-state index contributed by atoms with van der Waals surface area (Å²) in [6, 6.07) is 5.08. The van der Waals surface area contributed by atoms with Crippen molar-refractivity contribution in [2.45, 2.75) is 4.90 Å². The molecule has 0 spiro atoms. The Morgan fingerprint density at radius 2 is 2.00 bits per heavy atom. The number of nitrogens with zero attached hydrogens (tertiary/aromatic N) is 2. The third-order valence-electron chi connectivity index (χ3n) is 2.35. The van der Waals surface area contributed by atoms with Crippen LogP contribution < -0.4 is 10.5 Å². The molecule has 1 aromatic carbocycles. The summed E-state index contributed by atoms with van der Waals surface area (Å²) in [5.41, 5.74) is 5.55. The maximum Gasteiger partial charge on any atom is 0.267 e. The topological polar surface area (TPSA) is 98.0 Å². The molecule has 108 valence electrons. The van der Waals surface area contributed by atoms with Crippen LogP contribution >= 0.6 is 0 Å². The Bertz CT molecular complexity index is 798. The summed E-state index contributed by atoms with van der Waals surface area (Å²) in [5.74, 6) is 4.12. The smallest absolute Gasteiger partial charge is 0.267 e. The lowest BCUT2D eigenvalue weighted by Gasteiger charge is -2.07. The number of nitrogens with two attached hydrogens (primary N) is 1. The molecule has 21 heavy (non-hydrogen) atoms. The molecule has 2 rings (SSSR count). The lowest BCUT2D eigenvalue weighted by molar-refractivity contribution is 0.570. The van der Waals surface area contributed by atoms with Crippen molar-refractivity contribution in [2.75, 3.05) is 11.3 Å². The molecule has 2 aromatic rings. The molecular weight excluding hydrogens is 295 g/mol. The number of halogens is 1. The molecule has 1 aromatic heterocycles. The first-order valence-electron chi connectivity index (χ1n) is 5.81. The molecule has 0 bridgehead atoms. The SMILES string of the molecule is NCC#Cc1ccc(S(=O)(=O)Nc2ncccn2)c(F)c1. The Morgan fingerprint density at radius 3 is 2.62 bits per heavy atom. The largest absolute Gasteiger partial charge is 0.320 e. The van der Waals surface area contributed by atoms with E-state index in [2.05, 4.69) is 26.5 Å². The van der Waals surface area contributed by atoms with Crippen LogP contribution in [0, 0.1) is 17.7 Å². The lowest BCUT2D eigenvalue weighted by atomic mass is 10.2. The molecule has 0 amide bonds. The van der Waals surface area contributed by atoms with Gasteiger partial charge in [-0.1, -0.05) is 11.8 Å². The van der Waals surface area contributed by atoms with Gasteiger partial charge in [-0.25, -0.2) is 27.5 Å². The van der Waals surface area contributed by atoms with Gasteiger partial charge in [-0.3, -0.25) is 0 Å². The highest BCUT2D eigenvalue weighted by Gasteiger charge is 2.20. The van der Waals surface area contributed by atoms with Gasteiger partial charge in [0.25, 0.3) is 10.0 Å². The first kappa shape index (κ1) is 14.9. The summed E-state index contributed by atoms with van der Waals surface area (Å²) in [6.07, 6.45) is 2.74. The van der Waals surface area contributed by atoms with Gasteiger partial charge in [0.1, 0.15) is 10.7 Å². The highest BCUT2D eigenvalue weighted by Crippen LogP contribution is 2.18. The number of aromatic nitrogens is 2. The molecule has 0 aliphatic heterocycles. The predicted octanol–water partition coefficient (Wildman–Crippen LogP) is 0.727. The number of benzene rings is 1. The van der Waals surface area contributed by atoms with Gasteiger partial charge in [0.05, 0.1) is 6.54 Å². The monoisotopic (exact) mass is 306 g/mol. The van der Waals surface area contributed by atoms with E-state index >= 15 is 0 Å². The number of rotatable bonds is 3. The van der Waals surface area contributed by atoms with Crippen LogP contribution in [0.2, 0.25) is 0 Å². The maximum absolute atomic E-state index is 13.9. The zero-order valence-corrected chi connectivity index (χ0v) is 11.6. The number of nitrogens with one attached hydrogen (secondary N) is 1. The van der Waals surface area contributed by atoms with E-state index in [0.717, 1.165) is 12.1 Å². The third kappa shape index (κ3) is 3.75. The van der Waals surface area contributed by atoms with Crippen molar-refractivity contribution < 1.29 is 12.8 Å². The summed E-state index contributed by atoms with van der Waals surface area (Å²) in [4.78, 5) is 6.93. The molecule has 1 heterocycles. The first-order valence-corrected chi connectivity index (χ1v) is 7.29. The fourth-order valence-corrected chi connectivity index (χ4v) is 2.50. The molecule has 8 heteroatoms. The zero-order chi connectivity index (χ0) is 15.3. The van der Waals surface area contributed by atoms with Gasteiger partial charge in [0, 0.05) is 18.0 Å². The minimum atomic E-state index is -4.10. The second-order valence-electron chi connectivity index (χ2n) is 3.83. The molecule has 0 radical (unpaired) electrons. The molecule has 0 aliphatic carbocycles. The van der Waals surface area contributed by atoms with Crippen molar-refractivity contribution in [3.8, 4) is 11.8 Å². The molecule has 0 saturated heterocycles. The summed E-state index contributed by atoms with van der Waals surface area (Å²) < 4.78 is 40.1. The first-order chi connectivity index (χ1) is 10.0. The van der Waals surface area contributed by atoms with Gasteiger partial charge in [-0.2, -0.15) is 0 Å². The van der Waals surface area contributed by atoms with Crippen LogP contribution in [0.5, 0.6) is 0 Å². The van der Waals surface area contributed by atoms with Crippen molar-refractivity contribution in [1.82, 2.24) is 9.97 Å². The van der Waals surface area contributed by atoms with E-state index in [0.29, 0.717) is 5.56 Å². The summed E-state index contributed by atoms with van der Waals surface area (Å²) in [5, 5.41) is 0. The van der Waals surface area contributed by atoms with Crippen LogP contribution in [0.1, 0.15) is 5.56 Å². The van der Waals surface area contributed by atoms with Gasteiger partial charge in [0.15, 0.2) is 0 Å². The second kappa shape index (κ2) is 6.30. The van der Waals surface area contributed by atoms with Crippen LogP contribution in [0.25, 0.3) is 0 Å². The van der Waals surface area contributed by atoms with Gasteiger partial charge in [-0.05, 0) is 24.3 Å². The average Bonchev–Trinajstić information content (AvgIpc) is 2.45. The predicted molar refractivity (Wildman–Crippen MR) is 75.2 cm³/mol. The molecular formula is C13H11FN4O2S. The molecule has 0 aliphatic rings. The normalized spacial score (nSPS) is 10.6. The van der Waals surface area contributed by atoms with E-state index < -0.39 is 20.7 Å². The maximum atomic E-state index is 13.9. The van der Waals surface area contributed by atoms with Crippen LogP contribution in [-0.2, 0) is 10.0 Å². The summed E-state index contributed by atoms with van der Waals surface area (Å²) in [7, 11) is -4.10. The van der Waals surface area contributed by atoms with E-state index in [1.54, 1.807) is 0 Å². The van der Waals surface area contributed by atoms with Crippen molar-refractivity contribution in [3.63, 3.8) is 0 Å². The minimum Gasteiger partial charge on any atom is -0.320 e. The molecule has 0 fully saturated rings. The molecule has 0 unspecified atom stereocenters. The van der Waals surface area contributed by atoms with Crippen molar-refractivity contribution in [2.24, 2.45) is 5.73 Å². The molecule has 3 N–H and O–H groups in total. The zero-order valence-electron chi connectivity index (χ0n) is 10.7. The number of hydrogen-bond acceptors (Lipinski definition) is 5.